The monoisotopic (exact) mass is 310 g/mol. The van der Waals surface area contributed by atoms with Gasteiger partial charge in [-0.05, 0) is 41.7 Å². The summed E-state index contributed by atoms with van der Waals surface area (Å²) in [4.78, 5) is 11.7. The van der Waals surface area contributed by atoms with E-state index in [1.807, 2.05) is 30.3 Å². The molecule has 4 heteroatoms. The number of benzene rings is 2. The van der Waals surface area contributed by atoms with Gasteiger partial charge in [-0.2, -0.15) is 0 Å². The Labute approximate surface area is 136 Å². The summed E-state index contributed by atoms with van der Waals surface area (Å²) in [5.41, 5.74) is 3.78. The molecule has 0 saturated carbocycles. The highest BCUT2D eigenvalue weighted by molar-refractivity contribution is 5.94. The van der Waals surface area contributed by atoms with Gasteiger partial charge in [0.05, 0.1) is 12.1 Å². The molecular formula is C19H22N2O2. The lowest BCUT2D eigenvalue weighted by atomic mass is 9.92. The lowest BCUT2D eigenvalue weighted by Crippen LogP contribution is -2.43. The van der Waals surface area contributed by atoms with Crippen molar-refractivity contribution in [1.29, 1.82) is 0 Å². The first-order valence-corrected chi connectivity index (χ1v) is 7.94. The van der Waals surface area contributed by atoms with E-state index in [0.29, 0.717) is 12.1 Å². The largest absolute Gasteiger partial charge is 0.394 e. The van der Waals surface area contributed by atoms with Gasteiger partial charge in [0.1, 0.15) is 0 Å². The number of carbonyl (C=O) groups is 1. The van der Waals surface area contributed by atoms with Crippen molar-refractivity contribution >= 4 is 5.91 Å². The van der Waals surface area contributed by atoms with E-state index in [4.69, 9.17) is 0 Å². The van der Waals surface area contributed by atoms with Crippen LogP contribution in [-0.2, 0) is 18.5 Å². The van der Waals surface area contributed by atoms with Crippen LogP contribution in [0.15, 0.2) is 48.5 Å². The van der Waals surface area contributed by atoms with Crippen LogP contribution in [0.3, 0.4) is 0 Å². The minimum atomic E-state index is -0.389. The molecule has 2 aromatic rings. The zero-order chi connectivity index (χ0) is 16.3. The molecule has 1 atom stereocenters. The lowest BCUT2D eigenvalue weighted by molar-refractivity contribution is 0.0963. The number of hydrogen-bond donors (Lipinski definition) is 3. The third-order valence-electron chi connectivity index (χ3n) is 4.67. The molecule has 0 spiro atoms. The first-order valence-electron chi connectivity index (χ1n) is 7.94. The van der Waals surface area contributed by atoms with Gasteiger partial charge < -0.3 is 15.7 Å². The molecule has 1 aliphatic carbocycles. The van der Waals surface area contributed by atoms with Gasteiger partial charge in [0.25, 0.3) is 5.91 Å². The molecule has 120 valence electrons. The molecule has 0 aliphatic heterocycles. The number of fused-ring (bicyclic) bond motifs is 1. The molecule has 0 fully saturated rings. The molecule has 0 radical (unpaired) electrons. The molecule has 1 unspecified atom stereocenters. The van der Waals surface area contributed by atoms with E-state index in [0.717, 1.165) is 18.4 Å². The first kappa shape index (κ1) is 15.7. The van der Waals surface area contributed by atoms with Gasteiger partial charge in [0.2, 0.25) is 0 Å². The predicted octanol–water partition coefficient (Wildman–Crippen LogP) is 1.97. The fourth-order valence-corrected chi connectivity index (χ4v) is 3.33. The number of aryl methyl sites for hydroxylation is 1. The molecule has 0 heterocycles. The summed E-state index contributed by atoms with van der Waals surface area (Å²) in [5.74, 6) is -0.0880. The van der Waals surface area contributed by atoms with Gasteiger partial charge in [0.15, 0.2) is 0 Å². The molecule has 23 heavy (non-hydrogen) atoms. The van der Waals surface area contributed by atoms with Crippen LogP contribution in [0, 0.1) is 0 Å². The summed E-state index contributed by atoms with van der Waals surface area (Å²) < 4.78 is 0. The second-order valence-electron chi connectivity index (χ2n) is 6.03. The fraction of sp³-hybridized carbons (Fsp3) is 0.316. The predicted molar refractivity (Wildman–Crippen MR) is 90.2 cm³/mol. The van der Waals surface area contributed by atoms with E-state index in [-0.39, 0.29) is 18.1 Å². The van der Waals surface area contributed by atoms with Crippen LogP contribution in [0.25, 0.3) is 0 Å². The van der Waals surface area contributed by atoms with Gasteiger partial charge in [0, 0.05) is 19.2 Å². The summed E-state index contributed by atoms with van der Waals surface area (Å²) in [6.45, 7) is 0.679. The maximum absolute atomic E-state index is 11.7. The van der Waals surface area contributed by atoms with Crippen LogP contribution in [0.5, 0.6) is 0 Å². The van der Waals surface area contributed by atoms with Crippen molar-refractivity contribution < 1.29 is 9.90 Å². The van der Waals surface area contributed by atoms with Crippen molar-refractivity contribution in [3.63, 3.8) is 0 Å². The van der Waals surface area contributed by atoms with E-state index >= 15 is 0 Å². The number of carbonyl (C=O) groups excluding carboxylic acids is 1. The van der Waals surface area contributed by atoms with Crippen LogP contribution < -0.4 is 10.6 Å². The maximum Gasteiger partial charge on any atom is 0.251 e. The van der Waals surface area contributed by atoms with E-state index in [1.54, 1.807) is 13.1 Å². The van der Waals surface area contributed by atoms with E-state index < -0.39 is 0 Å². The molecular weight excluding hydrogens is 288 g/mol. The molecule has 0 bridgehead atoms. The summed E-state index contributed by atoms with van der Waals surface area (Å²) in [7, 11) is 1.63. The smallest absolute Gasteiger partial charge is 0.251 e. The minimum Gasteiger partial charge on any atom is -0.394 e. The zero-order valence-electron chi connectivity index (χ0n) is 13.3. The quantitative estimate of drug-likeness (QED) is 0.791. The summed E-state index contributed by atoms with van der Waals surface area (Å²) in [5, 5.41) is 16.2. The third kappa shape index (κ3) is 3.00. The van der Waals surface area contributed by atoms with Gasteiger partial charge >= 0.3 is 0 Å². The molecule has 2 aromatic carbocycles. The average molecular weight is 310 g/mol. The molecule has 0 aromatic heterocycles. The van der Waals surface area contributed by atoms with Crippen LogP contribution >= 0.6 is 0 Å². The second kappa shape index (κ2) is 6.52. The Balaban J connectivity index is 1.79. The number of rotatable bonds is 5. The SMILES string of the molecule is CNC(=O)c1cccc(CNC2(CO)CCc3ccccc32)c1. The number of nitrogens with one attached hydrogen (secondary N) is 2. The summed E-state index contributed by atoms with van der Waals surface area (Å²) in [6, 6.07) is 15.8. The zero-order valence-corrected chi connectivity index (χ0v) is 13.3. The standard InChI is InChI=1S/C19H22N2O2/c1-20-18(23)16-7-4-5-14(11-16)12-21-19(13-22)10-9-15-6-2-3-8-17(15)19/h2-8,11,21-22H,9-10,12-13H2,1H3,(H,20,23). The molecule has 1 aliphatic rings. The summed E-state index contributed by atoms with van der Waals surface area (Å²) in [6.07, 6.45) is 1.86. The Bertz CT molecular complexity index is 714. The van der Waals surface area contributed by atoms with E-state index in [9.17, 15) is 9.90 Å². The Hall–Kier alpha value is -2.17. The highest BCUT2D eigenvalue weighted by Gasteiger charge is 2.37. The number of amides is 1. The van der Waals surface area contributed by atoms with Crippen LogP contribution in [0.4, 0.5) is 0 Å². The Kier molecular flexibility index (Phi) is 4.46. The van der Waals surface area contributed by atoms with Gasteiger partial charge in [-0.25, -0.2) is 0 Å². The van der Waals surface area contributed by atoms with Gasteiger partial charge in [-0.1, -0.05) is 36.4 Å². The topological polar surface area (TPSA) is 61.4 Å². The van der Waals surface area contributed by atoms with Gasteiger partial charge in [-0.3, -0.25) is 4.79 Å². The molecule has 0 saturated heterocycles. The highest BCUT2D eigenvalue weighted by Crippen LogP contribution is 2.36. The van der Waals surface area contributed by atoms with E-state index in [1.165, 1.54) is 11.1 Å². The fourth-order valence-electron chi connectivity index (χ4n) is 3.33. The van der Waals surface area contributed by atoms with Crippen molar-refractivity contribution in [2.45, 2.75) is 24.9 Å². The Morgan fingerprint density at radius 2 is 2.04 bits per heavy atom. The average Bonchev–Trinajstić information content (AvgIpc) is 2.99. The van der Waals surface area contributed by atoms with Crippen molar-refractivity contribution in [1.82, 2.24) is 10.6 Å². The van der Waals surface area contributed by atoms with Crippen LogP contribution in [0.2, 0.25) is 0 Å². The Morgan fingerprint density at radius 3 is 2.83 bits per heavy atom. The lowest BCUT2D eigenvalue weighted by Gasteiger charge is -2.30. The number of aliphatic hydroxyl groups is 1. The molecule has 3 rings (SSSR count). The first-order chi connectivity index (χ1) is 11.2. The number of hydrogen-bond acceptors (Lipinski definition) is 3. The highest BCUT2D eigenvalue weighted by atomic mass is 16.3. The normalized spacial score (nSPS) is 19.4. The van der Waals surface area contributed by atoms with E-state index in [2.05, 4.69) is 22.8 Å². The summed E-state index contributed by atoms with van der Waals surface area (Å²) >= 11 is 0. The molecule has 4 nitrogen and oxygen atoms in total. The molecule has 3 N–H and O–H groups in total. The molecule has 1 amide bonds. The van der Waals surface area contributed by atoms with Crippen molar-refractivity contribution in [3.8, 4) is 0 Å². The van der Waals surface area contributed by atoms with Crippen molar-refractivity contribution in [2.24, 2.45) is 0 Å². The maximum atomic E-state index is 11.7. The van der Waals surface area contributed by atoms with Gasteiger partial charge in [-0.15, -0.1) is 0 Å². The number of aliphatic hydroxyl groups excluding tert-OH is 1. The van der Waals surface area contributed by atoms with Crippen LogP contribution in [-0.4, -0.2) is 24.7 Å². The van der Waals surface area contributed by atoms with Crippen molar-refractivity contribution in [3.05, 3.63) is 70.8 Å². The van der Waals surface area contributed by atoms with Crippen LogP contribution in [0.1, 0.15) is 33.5 Å². The second-order valence-corrected chi connectivity index (χ2v) is 6.03. The van der Waals surface area contributed by atoms with Crippen molar-refractivity contribution in [2.75, 3.05) is 13.7 Å². The minimum absolute atomic E-state index is 0.0686. The third-order valence-corrected chi connectivity index (χ3v) is 4.67. The Morgan fingerprint density at radius 1 is 1.22 bits per heavy atom.